The summed E-state index contributed by atoms with van der Waals surface area (Å²) in [6, 6.07) is 1.51. The molecule has 0 aromatic carbocycles. The van der Waals surface area contributed by atoms with Crippen molar-refractivity contribution in [2.45, 2.75) is 19.8 Å². The van der Waals surface area contributed by atoms with Crippen LogP contribution in [0.5, 0.6) is 5.88 Å². The van der Waals surface area contributed by atoms with Crippen molar-refractivity contribution in [2.75, 3.05) is 20.3 Å². The Labute approximate surface area is 110 Å². The fourth-order valence-electron chi connectivity index (χ4n) is 1.37. The Bertz CT molecular complexity index is 432. The lowest BCUT2D eigenvalue weighted by molar-refractivity contribution is -0.157. The maximum atomic E-state index is 11.8. The van der Waals surface area contributed by atoms with Gasteiger partial charge in [0.2, 0.25) is 11.8 Å². The molecule has 0 saturated heterocycles. The number of nitrogens with zero attached hydrogens (tertiary/aromatic N) is 2. The Balaban J connectivity index is 3.07. The number of hydrogen-bond acceptors (Lipinski definition) is 7. The van der Waals surface area contributed by atoms with E-state index in [-0.39, 0.29) is 24.9 Å². The van der Waals surface area contributed by atoms with Crippen LogP contribution < -0.4 is 4.74 Å². The first-order valence-corrected chi connectivity index (χ1v) is 5.84. The lowest BCUT2D eigenvalue weighted by Gasteiger charge is -2.13. The molecule has 19 heavy (non-hydrogen) atoms. The van der Waals surface area contributed by atoms with E-state index >= 15 is 0 Å². The normalized spacial score (nSPS) is 10.1. The third-order valence-electron chi connectivity index (χ3n) is 2.16. The third-order valence-corrected chi connectivity index (χ3v) is 2.16. The minimum Gasteiger partial charge on any atom is -0.481 e. The van der Waals surface area contributed by atoms with Gasteiger partial charge in [0.1, 0.15) is 0 Å². The highest BCUT2D eigenvalue weighted by molar-refractivity contribution is 6.00. The van der Waals surface area contributed by atoms with Crippen molar-refractivity contribution in [2.24, 2.45) is 0 Å². The minimum atomic E-state index is -1.30. The van der Waals surface area contributed by atoms with Crippen LogP contribution >= 0.6 is 0 Å². The zero-order valence-electron chi connectivity index (χ0n) is 11.1. The molecule has 1 rings (SSSR count). The van der Waals surface area contributed by atoms with Gasteiger partial charge in [0.05, 0.1) is 20.3 Å². The number of rotatable bonds is 6. The lowest BCUT2D eigenvalue weighted by atomic mass is 10.1. The van der Waals surface area contributed by atoms with E-state index in [0.29, 0.717) is 0 Å². The molecule has 0 atom stereocenters. The first kappa shape index (κ1) is 14.9. The first-order chi connectivity index (χ1) is 9.13. The van der Waals surface area contributed by atoms with Crippen molar-refractivity contribution in [1.29, 1.82) is 0 Å². The molecule has 7 nitrogen and oxygen atoms in total. The molecule has 0 radical (unpaired) electrons. The summed E-state index contributed by atoms with van der Waals surface area (Å²) in [5.41, 5.74) is 0. The van der Waals surface area contributed by atoms with Gasteiger partial charge in [-0.15, -0.1) is 0 Å². The molecule has 0 aliphatic heterocycles. The molecule has 0 bridgehead atoms. The van der Waals surface area contributed by atoms with Crippen LogP contribution in [0.4, 0.5) is 0 Å². The van der Waals surface area contributed by atoms with Crippen molar-refractivity contribution in [1.82, 2.24) is 9.97 Å². The van der Waals surface area contributed by atoms with E-state index in [1.54, 1.807) is 13.8 Å². The van der Waals surface area contributed by atoms with Crippen LogP contribution in [-0.2, 0) is 19.1 Å². The van der Waals surface area contributed by atoms with Crippen LogP contribution in [0.15, 0.2) is 12.3 Å². The van der Waals surface area contributed by atoms with Crippen molar-refractivity contribution in [3.63, 3.8) is 0 Å². The Kier molecular flexibility index (Phi) is 5.72. The average molecular weight is 268 g/mol. The summed E-state index contributed by atoms with van der Waals surface area (Å²) < 4.78 is 14.6. The number of carbonyl (C=O) groups excluding carboxylic acids is 2. The van der Waals surface area contributed by atoms with E-state index in [4.69, 9.17) is 14.2 Å². The standard InChI is InChI=1S/C12H16N2O5/c1-4-18-11(15)9(12(16)19-5-2)10-13-7-6-8(14-10)17-3/h6-7,9H,4-5H2,1-3H3. The number of hydrogen-bond donors (Lipinski definition) is 0. The smallest absolute Gasteiger partial charge is 0.328 e. The molecule has 0 N–H and O–H groups in total. The van der Waals surface area contributed by atoms with Crippen LogP contribution in [0.25, 0.3) is 0 Å². The Morgan fingerprint density at radius 3 is 2.26 bits per heavy atom. The highest BCUT2D eigenvalue weighted by atomic mass is 16.6. The maximum Gasteiger partial charge on any atom is 0.328 e. The van der Waals surface area contributed by atoms with E-state index in [9.17, 15) is 9.59 Å². The van der Waals surface area contributed by atoms with Gasteiger partial charge in [-0.05, 0) is 13.8 Å². The fourth-order valence-corrected chi connectivity index (χ4v) is 1.37. The molecular weight excluding hydrogens is 252 g/mol. The zero-order chi connectivity index (χ0) is 14.3. The number of carbonyl (C=O) groups is 2. The van der Waals surface area contributed by atoms with Gasteiger partial charge < -0.3 is 14.2 Å². The fraction of sp³-hybridized carbons (Fsp3) is 0.500. The number of esters is 2. The molecule has 1 aromatic rings. The van der Waals surface area contributed by atoms with Gasteiger partial charge in [0.25, 0.3) is 0 Å². The molecule has 0 spiro atoms. The van der Waals surface area contributed by atoms with E-state index in [1.807, 2.05) is 0 Å². The molecular formula is C12H16N2O5. The van der Waals surface area contributed by atoms with Crippen molar-refractivity contribution in [3.05, 3.63) is 18.1 Å². The van der Waals surface area contributed by atoms with E-state index < -0.39 is 17.9 Å². The second-order valence-corrected chi connectivity index (χ2v) is 3.39. The predicted molar refractivity (Wildman–Crippen MR) is 64.6 cm³/mol. The minimum absolute atomic E-state index is 0.00347. The van der Waals surface area contributed by atoms with Gasteiger partial charge in [-0.2, -0.15) is 4.98 Å². The summed E-state index contributed by atoms with van der Waals surface area (Å²) >= 11 is 0. The molecule has 104 valence electrons. The number of ether oxygens (including phenoxy) is 3. The molecule has 7 heteroatoms. The number of aromatic nitrogens is 2. The molecule has 0 fully saturated rings. The second kappa shape index (κ2) is 7.30. The van der Waals surface area contributed by atoms with Gasteiger partial charge >= 0.3 is 11.9 Å². The summed E-state index contributed by atoms with van der Waals surface area (Å²) in [6.45, 7) is 3.59. The van der Waals surface area contributed by atoms with Crippen LogP contribution in [0.1, 0.15) is 25.6 Å². The molecule has 0 saturated carbocycles. The van der Waals surface area contributed by atoms with Crippen LogP contribution in [0, 0.1) is 0 Å². The van der Waals surface area contributed by atoms with Crippen molar-refractivity contribution < 1.29 is 23.8 Å². The van der Waals surface area contributed by atoms with E-state index in [2.05, 4.69) is 9.97 Å². The van der Waals surface area contributed by atoms with Gasteiger partial charge in [0, 0.05) is 12.3 Å². The van der Waals surface area contributed by atoms with Gasteiger partial charge in [0.15, 0.2) is 5.82 Å². The van der Waals surface area contributed by atoms with Gasteiger partial charge in [-0.3, -0.25) is 9.59 Å². The maximum absolute atomic E-state index is 11.8. The third kappa shape index (κ3) is 3.90. The van der Waals surface area contributed by atoms with Crippen LogP contribution in [0.3, 0.4) is 0 Å². The molecule has 0 unspecified atom stereocenters. The summed E-state index contributed by atoms with van der Waals surface area (Å²) in [6.07, 6.45) is 1.40. The Morgan fingerprint density at radius 1 is 1.21 bits per heavy atom. The zero-order valence-corrected chi connectivity index (χ0v) is 11.1. The predicted octanol–water partition coefficient (Wildman–Crippen LogP) is 0.695. The van der Waals surface area contributed by atoms with E-state index in [0.717, 1.165) is 0 Å². The Morgan fingerprint density at radius 2 is 1.79 bits per heavy atom. The van der Waals surface area contributed by atoms with E-state index in [1.165, 1.54) is 19.4 Å². The molecule has 0 amide bonds. The first-order valence-electron chi connectivity index (χ1n) is 5.84. The highest BCUT2D eigenvalue weighted by Crippen LogP contribution is 2.17. The molecule has 0 aliphatic carbocycles. The monoisotopic (exact) mass is 268 g/mol. The number of methoxy groups -OCH3 is 1. The molecule has 1 heterocycles. The largest absolute Gasteiger partial charge is 0.481 e. The van der Waals surface area contributed by atoms with Crippen LogP contribution in [0.2, 0.25) is 0 Å². The molecule has 0 aliphatic rings. The summed E-state index contributed by atoms with van der Waals surface area (Å²) in [7, 11) is 1.43. The average Bonchev–Trinajstić information content (AvgIpc) is 2.40. The lowest BCUT2D eigenvalue weighted by Crippen LogP contribution is -2.28. The van der Waals surface area contributed by atoms with Crippen molar-refractivity contribution >= 4 is 11.9 Å². The molecule has 1 aromatic heterocycles. The van der Waals surface area contributed by atoms with Crippen molar-refractivity contribution in [3.8, 4) is 5.88 Å². The summed E-state index contributed by atoms with van der Waals surface area (Å²) in [4.78, 5) is 31.5. The summed E-state index contributed by atoms with van der Waals surface area (Å²) in [5, 5.41) is 0. The van der Waals surface area contributed by atoms with Gasteiger partial charge in [-0.1, -0.05) is 0 Å². The topological polar surface area (TPSA) is 87.6 Å². The SMILES string of the molecule is CCOC(=O)C(C(=O)OCC)c1nccc(OC)n1. The quantitative estimate of drug-likeness (QED) is 0.554. The highest BCUT2D eigenvalue weighted by Gasteiger charge is 2.34. The Hall–Kier alpha value is -2.18. The summed E-state index contributed by atoms with van der Waals surface area (Å²) in [5.74, 6) is -2.53. The van der Waals surface area contributed by atoms with Gasteiger partial charge in [-0.25, -0.2) is 4.98 Å². The van der Waals surface area contributed by atoms with Crippen LogP contribution in [-0.4, -0.2) is 42.2 Å². The second-order valence-electron chi connectivity index (χ2n) is 3.39.